The van der Waals surface area contributed by atoms with Crippen molar-refractivity contribution in [2.45, 2.75) is 37.3 Å². The van der Waals surface area contributed by atoms with E-state index in [0.717, 1.165) is 11.1 Å². The zero-order valence-corrected chi connectivity index (χ0v) is 10.9. The van der Waals surface area contributed by atoms with Gasteiger partial charge in [-0.1, -0.05) is 32.0 Å². The Bertz CT molecular complexity index is 408. The summed E-state index contributed by atoms with van der Waals surface area (Å²) < 4.78 is 0.183. The molecule has 16 heavy (non-hydrogen) atoms. The predicted octanol–water partition coefficient (Wildman–Crippen LogP) is 2.98. The van der Waals surface area contributed by atoms with Crippen LogP contribution in [0.4, 0.5) is 0 Å². The predicted molar refractivity (Wildman–Crippen MR) is 69.3 cm³/mol. The van der Waals surface area contributed by atoms with Crippen LogP contribution in [0.3, 0.4) is 0 Å². The van der Waals surface area contributed by atoms with Crippen molar-refractivity contribution in [3.05, 3.63) is 29.3 Å². The van der Waals surface area contributed by atoms with Gasteiger partial charge in [0, 0.05) is 15.2 Å². The number of nitrogens with two attached hydrogens (primary N) is 1. The molecule has 88 valence electrons. The van der Waals surface area contributed by atoms with Crippen LogP contribution in [0.5, 0.6) is 0 Å². The van der Waals surface area contributed by atoms with Gasteiger partial charge in [-0.05, 0) is 24.6 Å². The molecule has 0 aliphatic heterocycles. The molecule has 1 aromatic carbocycles. The van der Waals surface area contributed by atoms with Crippen molar-refractivity contribution in [3.8, 4) is 0 Å². The van der Waals surface area contributed by atoms with Gasteiger partial charge in [0.15, 0.2) is 5.84 Å². The fourth-order valence-electron chi connectivity index (χ4n) is 1.31. The van der Waals surface area contributed by atoms with E-state index in [9.17, 15) is 0 Å². The lowest BCUT2D eigenvalue weighted by Gasteiger charge is -2.19. The summed E-state index contributed by atoms with van der Waals surface area (Å²) in [6.07, 6.45) is 0. The summed E-state index contributed by atoms with van der Waals surface area (Å²) in [4.78, 5) is 1.22. The summed E-state index contributed by atoms with van der Waals surface area (Å²) in [5.41, 5.74) is 7.42. The van der Waals surface area contributed by atoms with Crippen molar-refractivity contribution < 1.29 is 5.21 Å². The first-order chi connectivity index (χ1) is 7.33. The molecule has 0 amide bonds. The fraction of sp³-hybridized carbons (Fsp3) is 0.417. The number of thioether (sulfide) groups is 1. The smallest absolute Gasteiger partial charge is 0.170 e. The van der Waals surface area contributed by atoms with Gasteiger partial charge in [0.05, 0.1) is 0 Å². The summed E-state index contributed by atoms with van der Waals surface area (Å²) in [6, 6.07) is 5.82. The lowest BCUT2D eigenvalue weighted by molar-refractivity contribution is 0.318. The average Bonchev–Trinajstić information content (AvgIpc) is 2.18. The van der Waals surface area contributed by atoms with E-state index in [1.807, 2.05) is 36.9 Å². The van der Waals surface area contributed by atoms with Gasteiger partial charge in [0.2, 0.25) is 0 Å². The van der Waals surface area contributed by atoms with Gasteiger partial charge in [0.1, 0.15) is 0 Å². The number of benzene rings is 1. The maximum atomic E-state index is 8.59. The molecule has 1 rings (SSSR count). The second-order valence-electron chi connectivity index (χ2n) is 4.68. The first-order valence-corrected chi connectivity index (χ1v) is 5.93. The van der Waals surface area contributed by atoms with E-state index in [1.165, 1.54) is 4.90 Å². The topological polar surface area (TPSA) is 58.6 Å². The summed E-state index contributed by atoms with van der Waals surface area (Å²) in [6.45, 7) is 8.56. The first-order valence-electron chi connectivity index (χ1n) is 5.11. The number of oxime groups is 1. The van der Waals surface area contributed by atoms with Crippen LogP contribution in [-0.2, 0) is 0 Å². The molecular formula is C12H18N2OS. The Morgan fingerprint density at radius 1 is 1.38 bits per heavy atom. The van der Waals surface area contributed by atoms with Crippen LogP contribution in [0.15, 0.2) is 28.3 Å². The zero-order chi connectivity index (χ0) is 12.3. The Hall–Kier alpha value is -1.16. The van der Waals surface area contributed by atoms with Crippen LogP contribution in [0.25, 0.3) is 0 Å². The van der Waals surface area contributed by atoms with E-state index in [-0.39, 0.29) is 10.6 Å². The van der Waals surface area contributed by atoms with Crippen LogP contribution in [0.2, 0.25) is 0 Å². The van der Waals surface area contributed by atoms with Crippen molar-refractivity contribution in [2.75, 3.05) is 0 Å². The average molecular weight is 238 g/mol. The van der Waals surface area contributed by atoms with Crippen LogP contribution in [0, 0.1) is 6.92 Å². The van der Waals surface area contributed by atoms with Crippen LogP contribution < -0.4 is 5.73 Å². The van der Waals surface area contributed by atoms with E-state index in [0.29, 0.717) is 0 Å². The molecule has 0 aliphatic carbocycles. The maximum absolute atomic E-state index is 8.59. The molecule has 3 N–H and O–H groups in total. The normalized spacial score (nSPS) is 12.9. The molecule has 0 aliphatic rings. The third-order valence-corrected chi connectivity index (χ3v) is 3.28. The summed E-state index contributed by atoms with van der Waals surface area (Å²) in [5.74, 6) is 0.149. The van der Waals surface area contributed by atoms with E-state index < -0.39 is 0 Å². The van der Waals surface area contributed by atoms with Crippen molar-refractivity contribution >= 4 is 17.6 Å². The van der Waals surface area contributed by atoms with Gasteiger partial charge in [-0.15, -0.1) is 11.8 Å². The van der Waals surface area contributed by atoms with Gasteiger partial charge in [-0.25, -0.2) is 0 Å². The number of aryl methyl sites for hydroxylation is 1. The molecule has 0 spiro atoms. The van der Waals surface area contributed by atoms with Crippen molar-refractivity contribution in [1.82, 2.24) is 0 Å². The maximum Gasteiger partial charge on any atom is 0.170 e. The SMILES string of the molecule is Cc1cc(/C(N)=N/O)ccc1SC(C)(C)C. The Balaban J connectivity index is 3.01. The Morgan fingerprint density at radius 2 is 2.00 bits per heavy atom. The minimum absolute atomic E-state index is 0.149. The van der Waals surface area contributed by atoms with Crippen molar-refractivity contribution in [1.29, 1.82) is 0 Å². The van der Waals surface area contributed by atoms with E-state index in [2.05, 4.69) is 25.9 Å². The Kier molecular flexibility index (Phi) is 3.86. The summed E-state index contributed by atoms with van der Waals surface area (Å²) >= 11 is 1.81. The molecule has 4 heteroatoms. The zero-order valence-electron chi connectivity index (χ0n) is 10.1. The highest BCUT2D eigenvalue weighted by Gasteiger charge is 2.14. The molecule has 0 radical (unpaired) electrons. The number of hydrogen-bond donors (Lipinski definition) is 2. The molecule has 0 unspecified atom stereocenters. The van der Waals surface area contributed by atoms with Gasteiger partial charge in [0.25, 0.3) is 0 Å². The second kappa shape index (κ2) is 4.78. The van der Waals surface area contributed by atoms with Gasteiger partial charge >= 0.3 is 0 Å². The third-order valence-electron chi connectivity index (χ3n) is 1.99. The Morgan fingerprint density at radius 3 is 2.44 bits per heavy atom. The molecule has 0 heterocycles. The van der Waals surface area contributed by atoms with Gasteiger partial charge < -0.3 is 10.9 Å². The van der Waals surface area contributed by atoms with Crippen LogP contribution >= 0.6 is 11.8 Å². The molecule has 0 fully saturated rings. The molecule has 0 atom stereocenters. The quantitative estimate of drug-likeness (QED) is 0.274. The standard InChI is InChI=1S/C12H18N2OS/c1-8-7-9(11(13)14-15)5-6-10(8)16-12(2,3)4/h5-7,15H,1-4H3,(H2,13,14). The first kappa shape index (κ1) is 12.9. The van der Waals surface area contributed by atoms with Gasteiger partial charge in [-0.2, -0.15) is 0 Å². The molecule has 0 saturated heterocycles. The minimum atomic E-state index is 0.149. The van der Waals surface area contributed by atoms with Crippen molar-refractivity contribution in [2.24, 2.45) is 10.9 Å². The molecule has 0 bridgehead atoms. The fourth-order valence-corrected chi connectivity index (χ4v) is 2.33. The summed E-state index contributed by atoms with van der Waals surface area (Å²) in [7, 11) is 0. The lowest BCUT2D eigenvalue weighted by Crippen LogP contribution is -2.13. The second-order valence-corrected chi connectivity index (χ2v) is 6.55. The number of amidine groups is 1. The van der Waals surface area contributed by atoms with Crippen molar-refractivity contribution in [3.63, 3.8) is 0 Å². The van der Waals surface area contributed by atoms with E-state index in [1.54, 1.807) is 0 Å². The highest BCUT2D eigenvalue weighted by atomic mass is 32.2. The molecule has 0 saturated carbocycles. The molecule has 3 nitrogen and oxygen atoms in total. The molecule has 0 aromatic heterocycles. The van der Waals surface area contributed by atoms with E-state index >= 15 is 0 Å². The number of rotatable bonds is 2. The van der Waals surface area contributed by atoms with E-state index in [4.69, 9.17) is 10.9 Å². The monoisotopic (exact) mass is 238 g/mol. The number of hydrogen-bond acceptors (Lipinski definition) is 3. The lowest BCUT2D eigenvalue weighted by atomic mass is 10.1. The Labute approximate surface area is 101 Å². The largest absolute Gasteiger partial charge is 0.409 e. The van der Waals surface area contributed by atoms with Gasteiger partial charge in [-0.3, -0.25) is 0 Å². The number of nitrogens with zero attached hydrogens (tertiary/aromatic N) is 1. The third kappa shape index (κ3) is 3.45. The molecular weight excluding hydrogens is 220 g/mol. The molecule has 1 aromatic rings. The highest BCUT2D eigenvalue weighted by molar-refractivity contribution is 8.00. The summed E-state index contributed by atoms with van der Waals surface area (Å²) in [5, 5.41) is 11.6. The highest BCUT2D eigenvalue weighted by Crippen LogP contribution is 2.34. The van der Waals surface area contributed by atoms with Crippen LogP contribution in [-0.4, -0.2) is 15.8 Å². The van der Waals surface area contributed by atoms with Crippen LogP contribution in [0.1, 0.15) is 31.9 Å². The minimum Gasteiger partial charge on any atom is -0.409 e.